The fourth-order valence-electron chi connectivity index (χ4n) is 4.06. The van der Waals surface area contributed by atoms with Crippen LogP contribution in [0.5, 0.6) is 0 Å². The van der Waals surface area contributed by atoms with Crippen molar-refractivity contribution < 1.29 is 26.4 Å². The van der Waals surface area contributed by atoms with Gasteiger partial charge in [-0.1, -0.05) is 25.1 Å². The molecule has 2 rings (SSSR count). The molecule has 3 unspecified atom stereocenters. The van der Waals surface area contributed by atoms with E-state index < -0.39 is 27.9 Å². The monoisotopic (exact) mass is 477 g/mol. The van der Waals surface area contributed by atoms with Crippen LogP contribution in [0.25, 0.3) is 0 Å². The number of carbonyl (C=O) groups excluding carboxylic acids is 1. The zero-order valence-corrected chi connectivity index (χ0v) is 19.7. The summed E-state index contributed by atoms with van der Waals surface area (Å²) in [6, 6.07) is 5.63. The van der Waals surface area contributed by atoms with Gasteiger partial charge in [0.05, 0.1) is 18.0 Å². The van der Waals surface area contributed by atoms with Crippen LogP contribution in [0.4, 0.5) is 13.2 Å². The molecule has 1 saturated heterocycles. The minimum Gasteiger partial charge on any atom is -0.314 e. The van der Waals surface area contributed by atoms with Gasteiger partial charge in [-0.3, -0.25) is 4.90 Å². The minimum atomic E-state index is -4.33. The fourth-order valence-corrected chi connectivity index (χ4v) is 4.80. The zero-order valence-electron chi connectivity index (χ0n) is 18.9. The Morgan fingerprint density at radius 3 is 2.44 bits per heavy atom. The fraction of sp³-hybridized carbons (Fsp3) is 0.682. The molecule has 6 nitrogen and oxygen atoms in total. The van der Waals surface area contributed by atoms with E-state index in [1.165, 1.54) is 12.1 Å². The molecule has 0 amide bonds. The maximum atomic E-state index is 12.9. The number of halogens is 3. The summed E-state index contributed by atoms with van der Waals surface area (Å²) in [7, 11) is -3.40. The molecule has 0 bridgehead atoms. The summed E-state index contributed by atoms with van der Waals surface area (Å²) in [5.74, 6) is 0.582. The molecular weight excluding hydrogens is 443 g/mol. The minimum absolute atomic E-state index is 0.111. The Bertz CT molecular complexity index is 840. The first-order valence-corrected chi connectivity index (χ1v) is 12.8. The number of nitrogens with zero attached hydrogens (tertiary/aromatic N) is 1. The van der Waals surface area contributed by atoms with E-state index in [4.69, 9.17) is 0 Å². The number of likely N-dealkylation sites (tertiary alicyclic amines) is 1. The van der Waals surface area contributed by atoms with Gasteiger partial charge in [0.2, 0.25) is 10.0 Å². The van der Waals surface area contributed by atoms with Crippen molar-refractivity contribution in [3.8, 4) is 0 Å². The van der Waals surface area contributed by atoms with E-state index in [1.54, 1.807) is 6.07 Å². The van der Waals surface area contributed by atoms with Crippen LogP contribution in [0.1, 0.15) is 44.2 Å². The molecule has 32 heavy (non-hydrogen) atoms. The summed E-state index contributed by atoms with van der Waals surface area (Å²) in [5, 5.41) is 3.52. The molecule has 2 N–H and O–H groups in total. The Kier molecular flexibility index (Phi) is 9.68. The first kappa shape index (κ1) is 26.8. The first-order valence-electron chi connectivity index (χ1n) is 10.9. The second-order valence-electron chi connectivity index (χ2n) is 8.86. The molecule has 0 saturated carbocycles. The predicted molar refractivity (Wildman–Crippen MR) is 119 cm³/mol. The number of benzene rings is 1. The largest absolute Gasteiger partial charge is 0.416 e. The average molecular weight is 478 g/mol. The smallest absolute Gasteiger partial charge is 0.314 e. The second-order valence-corrected chi connectivity index (χ2v) is 10.6. The summed E-state index contributed by atoms with van der Waals surface area (Å²) in [4.78, 5) is 12.9. The van der Waals surface area contributed by atoms with Crippen LogP contribution in [-0.2, 0) is 27.4 Å². The summed E-state index contributed by atoms with van der Waals surface area (Å²) in [6.07, 6.45) is -0.609. The van der Waals surface area contributed by atoms with E-state index in [0.717, 1.165) is 38.0 Å². The molecule has 3 atom stereocenters. The Balaban J connectivity index is 1.80. The molecule has 0 spiro atoms. The third kappa shape index (κ3) is 8.80. The first-order chi connectivity index (χ1) is 14.9. The number of piperidine rings is 1. The van der Waals surface area contributed by atoms with Crippen molar-refractivity contribution in [1.82, 2.24) is 14.9 Å². The van der Waals surface area contributed by atoms with Crippen LogP contribution in [0.2, 0.25) is 0 Å². The van der Waals surface area contributed by atoms with E-state index in [1.807, 2.05) is 18.7 Å². The molecule has 0 aromatic heterocycles. The maximum Gasteiger partial charge on any atom is 0.416 e. The number of hydrogen-bond donors (Lipinski definition) is 2. The Morgan fingerprint density at radius 1 is 1.22 bits per heavy atom. The van der Waals surface area contributed by atoms with E-state index >= 15 is 0 Å². The molecule has 1 aromatic rings. The van der Waals surface area contributed by atoms with E-state index in [0.29, 0.717) is 31.0 Å². The van der Waals surface area contributed by atoms with Gasteiger partial charge in [0.25, 0.3) is 0 Å². The summed E-state index contributed by atoms with van der Waals surface area (Å²) in [6.45, 7) is 6.26. The van der Waals surface area contributed by atoms with Gasteiger partial charge in [-0.25, -0.2) is 8.42 Å². The standard InChI is InChI=1S/C22H34F3N3O3S/c1-16(13-19-5-4-6-20(14-19)22(23,24)25)17(2)26-15-18-7-10-28(11-8-18)21(9-12-29)27-32(3,30)31/h4-6,12,14,16-18,21,26-27H,7-11,13,15H2,1-3H3. The van der Waals surface area contributed by atoms with Crippen molar-refractivity contribution in [2.75, 3.05) is 25.9 Å². The lowest BCUT2D eigenvalue weighted by Gasteiger charge is -2.37. The molecule has 1 fully saturated rings. The Labute approximate surface area is 189 Å². The van der Waals surface area contributed by atoms with Gasteiger partial charge in [0.1, 0.15) is 6.29 Å². The highest BCUT2D eigenvalue weighted by Gasteiger charge is 2.31. The van der Waals surface area contributed by atoms with E-state index in [2.05, 4.69) is 10.0 Å². The average Bonchev–Trinajstić information content (AvgIpc) is 2.70. The van der Waals surface area contributed by atoms with Gasteiger partial charge >= 0.3 is 6.18 Å². The Morgan fingerprint density at radius 2 is 1.88 bits per heavy atom. The number of aldehydes is 1. The highest BCUT2D eigenvalue weighted by atomic mass is 32.2. The molecule has 1 aliphatic rings. The predicted octanol–water partition coefficient (Wildman–Crippen LogP) is 3.04. The highest BCUT2D eigenvalue weighted by Crippen LogP contribution is 2.30. The van der Waals surface area contributed by atoms with Crippen molar-refractivity contribution >= 4 is 16.3 Å². The van der Waals surface area contributed by atoms with Crippen LogP contribution < -0.4 is 10.0 Å². The van der Waals surface area contributed by atoms with Crippen LogP contribution in [0, 0.1) is 11.8 Å². The van der Waals surface area contributed by atoms with E-state index in [-0.39, 0.29) is 18.4 Å². The van der Waals surface area contributed by atoms with Gasteiger partial charge in [0, 0.05) is 12.5 Å². The number of rotatable bonds is 11. The molecule has 0 aliphatic carbocycles. The molecule has 1 aliphatic heterocycles. The molecule has 10 heteroatoms. The lowest BCUT2D eigenvalue weighted by molar-refractivity contribution is -0.137. The van der Waals surface area contributed by atoms with Crippen molar-refractivity contribution in [1.29, 1.82) is 0 Å². The van der Waals surface area contributed by atoms with Gasteiger partial charge in [-0.05, 0) is 69.3 Å². The third-order valence-corrected chi connectivity index (χ3v) is 6.85. The molecular formula is C22H34F3N3O3S. The van der Waals surface area contributed by atoms with Crippen LogP contribution in [-0.4, -0.2) is 57.7 Å². The lowest BCUT2D eigenvalue weighted by Crippen LogP contribution is -2.51. The zero-order chi connectivity index (χ0) is 23.9. The Hall–Kier alpha value is -1.49. The molecule has 182 valence electrons. The van der Waals surface area contributed by atoms with Gasteiger partial charge in [0.15, 0.2) is 0 Å². The summed E-state index contributed by atoms with van der Waals surface area (Å²) in [5.41, 5.74) is 0.0571. The lowest BCUT2D eigenvalue weighted by atomic mass is 9.92. The number of nitrogens with one attached hydrogen (secondary N) is 2. The summed E-state index contributed by atoms with van der Waals surface area (Å²) >= 11 is 0. The number of sulfonamides is 1. The topological polar surface area (TPSA) is 78.5 Å². The van der Waals surface area contributed by atoms with Gasteiger partial charge in [-0.15, -0.1) is 0 Å². The molecule has 1 heterocycles. The van der Waals surface area contributed by atoms with Crippen molar-refractivity contribution in [2.24, 2.45) is 11.8 Å². The number of alkyl halides is 3. The molecule has 1 aromatic carbocycles. The third-order valence-electron chi connectivity index (χ3n) is 6.15. The maximum absolute atomic E-state index is 12.9. The number of carbonyl (C=O) groups is 1. The van der Waals surface area contributed by atoms with Crippen LogP contribution in [0.15, 0.2) is 24.3 Å². The van der Waals surface area contributed by atoms with E-state index in [9.17, 15) is 26.4 Å². The highest BCUT2D eigenvalue weighted by molar-refractivity contribution is 7.88. The molecule has 0 radical (unpaired) electrons. The quantitative estimate of drug-likeness (QED) is 0.479. The normalized spacial score (nSPS) is 19.4. The van der Waals surface area contributed by atoms with Gasteiger partial charge < -0.3 is 10.1 Å². The van der Waals surface area contributed by atoms with Crippen molar-refractivity contribution in [2.45, 2.75) is 57.9 Å². The van der Waals surface area contributed by atoms with Crippen molar-refractivity contribution in [3.05, 3.63) is 35.4 Å². The SMILES string of the molecule is CC(Cc1cccc(C(F)(F)F)c1)C(C)NCC1CCN(C(CC=O)NS(C)(=O)=O)CC1. The van der Waals surface area contributed by atoms with Crippen molar-refractivity contribution in [3.63, 3.8) is 0 Å². The van der Waals surface area contributed by atoms with Gasteiger partial charge in [-0.2, -0.15) is 17.9 Å². The second kappa shape index (κ2) is 11.6. The van der Waals surface area contributed by atoms with Crippen LogP contribution >= 0.6 is 0 Å². The number of hydrogen-bond acceptors (Lipinski definition) is 5. The summed E-state index contributed by atoms with van der Waals surface area (Å²) < 4.78 is 64.4. The van der Waals surface area contributed by atoms with Crippen LogP contribution in [0.3, 0.4) is 0 Å².